The van der Waals surface area contributed by atoms with Crippen LogP contribution >= 0.6 is 27.5 Å². The highest BCUT2D eigenvalue weighted by molar-refractivity contribution is 9.10. The lowest BCUT2D eigenvalue weighted by Crippen LogP contribution is -2.10. The van der Waals surface area contributed by atoms with Gasteiger partial charge >= 0.3 is 0 Å². The summed E-state index contributed by atoms with van der Waals surface area (Å²) >= 11 is 9.74. The van der Waals surface area contributed by atoms with Crippen LogP contribution in [0.5, 0.6) is 0 Å². The predicted molar refractivity (Wildman–Crippen MR) is 84.5 cm³/mol. The van der Waals surface area contributed by atoms with Gasteiger partial charge in [-0.1, -0.05) is 52.7 Å². The molecule has 0 unspecified atom stereocenters. The number of aromatic nitrogens is 2. The van der Waals surface area contributed by atoms with E-state index < -0.39 is 0 Å². The molecule has 5 heteroatoms. The first-order chi connectivity index (χ1) is 9.58. The number of ketones is 1. The van der Waals surface area contributed by atoms with Gasteiger partial charge in [0.25, 0.3) is 0 Å². The number of carbonyl (C=O) groups is 1. The molecule has 0 fully saturated rings. The molecule has 0 bridgehead atoms. The highest BCUT2D eigenvalue weighted by atomic mass is 79.9. The van der Waals surface area contributed by atoms with Crippen LogP contribution in [0.2, 0.25) is 5.02 Å². The fraction of sp³-hybridized carbons (Fsp3) is 0.333. The summed E-state index contributed by atoms with van der Waals surface area (Å²) in [6.45, 7) is 4.71. The largest absolute Gasteiger partial charge is 0.294 e. The molecule has 1 aromatic carbocycles. The third kappa shape index (κ3) is 2.96. The maximum atomic E-state index is 12.4. The smallest absolute Gasteiger partial charge is 0.169 e. The van der Waals surface area contributed by atoms with Crippen molar-refractivity contribution in [3.8, 4) is 0 Å². The number of aryl methyl sites for hydroxylation is 2. The highest BCUT2D eigenvalue weighted by Crippen LogP contribution is 2.24. The van der Waals surface area contributed by atoms with E-state index in [0.29, 0.717) is 17.1 Å². The van der Waals surface area contributed by atoms with Gasteiger partial charge < -0.3 is 0 Å². The number of benzene rings is 1. The van der Waals surface area contributed by atoms with Crippen molar-refractivity contribution in [2.24, 2.45) is 0 Å². The van der Waals surface area contributed by atoms with Crippen molar-refractivity contribution in [3.05, 3.63) is 50.7 Å². The zero-order valence-corrected chi connectivity index (χ0v) is 13.8. The molecule has 0 atom stereocenters. The van der Waals surface area contributed by atoms with Crippen LogP contribution in [0.15, 0.2) is 28.7 Å². The van der Waals surface area contributed by atoms with E-state index in [0.717, 1.165) is 22.3 Å². The van der Waals surface area contributed by atoms with Crippen molar-refractivity contribution in [3.63, 3.8) is 0 Å². The van der Waals surface area contributed by atoms with E-state index in [1.54, 1.807) is 0 Å². The monoisotopic (exact) mass is 354 g/mol. The van der Waals surface area contributed by atoms with Crippen LogP contribution in [0.3, 0.4) is 0 Å². The molecule has 3 nitrogen and oxygen atoms in total. The highest BCUT2D eigenvalue weighted by Gasteiger charge is 2.19. The number of nitrogens with zero attached hydrogens (tertiary/aromatic N) is 2. The second-order valence-corrected chi connectivity index (χ2v) is 5.69. The molecule has 0 N–H and O–H groups in total. The molecule has 20 heavy (non-hydrogen) atoms. The Kier molecular flexibility index (Phi) is 5.00. The number of carbonyl (C=O) groups excluding carboxylic acids is 1. The van der Waals surface area contributed by atoms with Gasteiger partial charge in [0.1, 0.15) is 0 Å². The molecule has 2 rings (SSSR count). The first-order valence-electron chi connectivity index (χ1n) is 6.60. The van der Waals surface area contributed by atoms with Crippen LogP contribution in [0.1, 0.15) is 35.6 Å². The molecule has 0 aliphatic carbocycles. The molecule has 2 aromatic rings. The molecule has 0 aliphatic heterocycles. The van der Waals surface area contributed by atoms with E-state index in [4.69, 9.17) is 11.6 Å². The van der Waals surface area contributed by atoms with Crippen LogP contribution in [0.4, 0.5) is 0 Å². The first-order valence-corrected chi connectivity index (χ1v) is 7.77. The minimum Gasteiger partial charge on any atom is -0.294 e. The third-order valence-corrected chi connectivity index (χ3v) is 4.32. The fourth-order valence-electron chi connectivity index (χ4n) is 2.12. The zero-order valence-electron chi connectivity index (χ0n) is 11.5. The number of hydrogen-bond acceptors (Lipinski definition) is 2. The van der Waals surface area contributed by atoms with Gasteiger partial charge in [0, 0.05) is 16.6 Å². The van der Waals surface area contributed by atoms with Crippen molar-refractivity contribution in [1.82, 2.24) is 9.78 Å². The maximum Gasteiger partial charge on any atom is 0.169 e. The Morgan fingerprint density at radius 2 is 2.05 bits per heavy atom. The molecule has 0 spiro atoms. The Morgan fingerprint density at radius 3 is 2.65 bits per heavy atom. The van der Waals surface area contributed by atoms with E-state index in [9.17, 15) is 4.79 Å². The summed E-state index contributed by atoms with van der Waals surface area (Å²) in [7, 11) is 0. The molecule has 0 saturated heterocycles. The lowest BCUT2D eigenvalue weighted by Gasteiger charge is -2.06. The topological polar surface area (TPSA) is 34.9 Å². The van der Waals surface area contributed by atoms with E-state index in [1.165, 1.54) is 0 Å². The van der Waals surface area contributed by atoms with Gasteiger partial charge in [-0.05, 0) is 19.4 Å². The Morgan fingerprint density at radius 1 is 1.35 bits per heavy atom. The Labute approximate surface area is 132 Å². The molecular weight excluding hydrogens is 340 g/mol. The van der Waals surface area contributed by atoms with Crippen LogP contribution in [0.25, 0.3) is 0 Å². The van der Waals surface area contributed by atoms with Crippen LogP contribution in [-0.4, -0.2) is 15.6 Å². The maximum absolute atomic E-state index is 12.4. The van der Waals surface area contributed by atoms with Gasteiger partial charge in [-0.2, -0.15) is 5.10 Å². The van der Waals surface area contributed by atoms with Gasteiger partial charge in [0.2, 0.25) is 0 Å². The van der Waals surface area contributed by atoms with Crippen molar-refractivity contribution in [1.29, 1.82) is 0 Å². The van der Waals surface area contributed by atoms with Crippen molar-refractivity contribution in [2.45, 2.75) is 33.2 Å². The van der Waals surface area contributed by atoms with Crippen molar-refractivity contribution >= 4 is 33.3 Å². The van der Waals surface area contributed by atoms with Crippen molar-refractivity contribution in [2.75, 3.05) is 0 Å². The summed E-state index contributed by atoms with van der Waals surface area (Å²) < 4.78 is 2.62. The first kappa shape index (κ1) is 15.3. The van der Waals surface area contributed by atoms with Crippen LogP contribution < -0.4 is 0 Å². The minimum atomic E-state index is 0.0385. The summed E-state index contributed by atoms with van der Waals surface area (Å²) in [4.78, 5) is 12.4. The number of Topliss-reactive ketones (excluding diaryl/α,β-unsaturated/α-hetero) is 1. The predicted octanol–water partition coefficient (Wildman–Crippen LogP) is 4.31. The standard InChI is InChI=1S/C15H16BrClN2O/c1-3-12-15(17)13(19(4-2)18-12)9-14(20)10-7-5-6-8-11(10)16/h5-8H,3-4,9H2,1-2H3. The van der Waals surface area contributed by atoms with Gasteiger partial charge in [-0.25, -0.2) is 0 Å². The second kappa shape index (κ2) is 6.55. The molecule has 0 saturated carbocycles. The molecule has 106 valence electrons. The summed E-state index contributed by atoms with van der Waals surface area (Å²) in [5, 5.41) is 5.06. The Hall–Kier alpha value is -1.13. The number of hydrogen-bond donors (Lipinski definition) is 0. The van der Waals surface area contributed by atoms with Gasteiger partial charge in [0.05, 0.1) is 22.8 Å². The molecule has 0 amide bonds. The number of rotatable bonds is 5. The quantitative estimate of drug-likeness (QED) is 0.749. The average molecular weight is 356 g/mol. The van der Waals surface area contributed by atoms with E-state index >= 15 is 0 Å². The second-order valence-electron chi connectivity index (χ2n) is 4.46. The van der Waals surface area contributed by atoms with Crippen LogP contribution in [0, 0.1) is 0 Å². The molecule has 1 aromatic heterocycles. The lowest BCUT2D eigenvalue weighted by molar-refractivity contribution is 0.0990. The average Bonchev–Trinajstić information content (AvgIpc) is 2.75. The van der Waals surface area contributed by atoms with Gasteiger partial charge in [-0.15, -0.1) is 0 Å². The minimum absolute atomic E-state index is 0.0385. The molecule has 0 radical (unpaired) electrons. The van der Waals surface area contributed by atoms with E-state index in [-0.39, 0.29) is 12.2 Å². The number of halogens is 2. The van der Waals surface area contributed by atoms with Gasteiger partial charge in [0.15, 0.2) is 5.78 Å². The Bertz CT molecular complexity index is 637. The molecular formula is C15H16BrClN2O. The lowest BCUT2D eigenvalue weighted by atomic mass is 10.1. The summed E-state index contributed by atoms with van der Waals surface area (Å²) in [5.41, 5.74) is 2.32. The van der Waals surface area contributed by atoms with Crippen molar-refractivity contribution < 1.29 is 4.79 Å². The van der Waals surface area contributed by atoms with Crippen LogP contribution in [-0.2, 0) is 19.4 Å². The molecule has 0 aliphatic rings. The SMILES string of the molecule is CCc1nn(CC)c(CC(=O)c2ccccc2Br)c1Cl. The summed E-state index contributed by atoms with van der Waals surface area (Å²) in [6.07, 6.45) is 1.03. The fourth-order valence-corrected chi connectivity index (χ4v) is 2.96. The van der Waals surface area contributed by atoms with E-state index in [2.05, 4.69) is 21.0 Å². The third-order valence-electron chi connectivity index (χ3n) is 3.20. The molecule has 1 heterocycles. The normalized spacial score (nSPS) is 10.8. The van der Waals surface area contributed by atoms with Gasteiger partial charge in [-0.3, -0.25) is 9.48 Å². The Balaban J connectivity index is 2.33. The summed E-state index contributed by atoms with van der Waals surface area (Å²) in [5.74, 6) is 0.0385. The summed E-state index contributed by atoms with van der Waals surface area (Å²) in [6, 6.07) is 7.42. The van der Waals surface area contributed by atoms with E-state index in [1.807, 2.05) is 42.8 Å². The zero-order chi connectivity index (χ0) is 14.7.